The molecule has 1 amide bonds. The first-order valence-corrected chi connectivity index (χ1v) is 18.7. The lowest BCUT2D eigenvalue weighted by molar-refractivity contribution is -0.117. The predicted octanol–water partition coefficient (Wildman–Crippen LogP) is 10.3. The van der Waals surface area contributed by atoms with Crippen LogP contribution in [-0.4, -0.2) is 56.3 Å². The molecule has 49 heavy (non-hydrogen) atoms. The number of H-pyrrole nitrogens is 1. The number of hydrogen-bond donors (Lipinski definition) is 2. The Balaban J connectivity index is 0.000000514. The molecule has 8 nitrogen and oxygen atoms in total. The van der Waals surface area contributed by atoms with Gasteiger partial charge in [-0.3, -0.25) is 9.59 Å². The number of carbonyl (C=O) groups excluding carboxylic acids is 2. The summed E-state index contributed by atoms with van der Waals surface area (Å²) in [4.78, 5) is 40.5. The third-order valence-electron chi connectivity index (χ3n) is 9.47. The molecule has 266 valence electrons. The van der Waals surface area contributed by atoms with Gasteiger partial charge >= 0.3 is 0 Å². The smallest absolute Gasteiger partial charge is 0.258 e. The Morgan fingerprint density at radius 2 is 1.88 bits per heavy atom. The van der Waals surface area contributed by atoms with Crippen LogP contribution in [0.3, 0.4) is 0 Å². The number of aromatic amines is 1. The number of fused-ring (bicyclic) bond motifs is 1. The van der Waals surface area contributed by atoms with Gasteiger partial charge in [-0.15, -0.1) is 0 Å². The second-order valence-corrected chi connectivity index (χ2v) is 13.8. The zero-order chi connectivity index (χ0) is 36.2. The number of imidazole rings is 1. The van der Waals surface area contributed by atoms with E-state index in [0.717, 1.165) is 48.2 Å². The highest BCUT2D eigenvalue weighted by molar-refractivity contribution is 9.10. The van der Waals surface area contributed by atoms with Crippen LogP contribution >= 0.6 is 15.9 Å². The number of anilines is 1. The Morgan fingerprint density at radius 3 is 2.41 bits per heavy atom. The monoisotopic (exact) mass is 733 g/mol. The number of benzene rings is 1. The number of amides is 1. The van der Waals surface area contributed by atoms with Gasteiger partial charge in [-0.2, -0.15) is 0 Å². The minimum Gasteiger partial charge on any atom is -0.506 e. The van der Waals surface area contributed by atoms with Crippen molar-refractivity contribution in [1.82, 2.24) is 19.9 Å². The van der Waals surface area contributed by atoms with E-state index in [-0.39, 0.29) is 23.7 Å². The largest absolute Gasteiger partial charge is 0.506 e. The molecule has 0 spiro atoms. The van der Waals surface area contributed by atoms with Crippen molar-refractivity contribution in [1.29, 1.82) is 0 Å². The first kappa shape index (κ1) is 39.7. The Morgan fingerprint density at radius 1 is 1.18 bits per heavy atom. The first-order valence-electron chi connectivity index (χ1n) is 17.9. The third kappa shape index (κ3) is 9.30. The molecule has 2 N–H and O–H groups in total. The molecule has 2 atom stereocenters. The molecule has 1 fully saturated rings. The third-order valence-corrected chi connectivity index (χ3v) is 10.1. The molecular formula is C40H56BrN5O3. The zero-order valence-electron chi connectivity index (χ0n) is 30.6. The molecule has 0 saturated heterocycles. The van der Waals surface area contributed by atoms with E-state index < -0.39 is 0 Å². The van der Waals surface area contributed by atoms with Crippen molar-refractivity contribution in [2.24, 2.45) is 5.92 Å². The Kier molecular flexibility index (Phi) is 15.3. The van der Waals surface area contributed by atoms with Gasteiger partial charge < -0.3 is 19.9 Å². The summed E-state index contributed by atoms with van der Waals surface area (Å²) in [5.74, 6) is 1.09. The molecule has 5 rings (SSSR count). The summed E-state index contributed by atoms with van der Waals surface area (Å²) in [6.07, 6.45) is 13.6. The van der Waals surface area contributed by atoms with Crippen LogP contribution in [0.4, 0.5) is 5.69 Å². The zero-order valence-corrected chi connectivity index (χ0v) is 32.2. The summed E-state index contributed by atoms with van der Waals surface area (Å²) in [6.45, 7) is 20.8. The van der Waals surface area contributed by atoms with Crippen LogP contribution in [0.1, 0.15) is 121 Å². The number of phenols is 1. The molecule has 2 aromatic heterocycles. The Hall–Kier alpha value is -3.72. The van der Waals surface area contributed by atoms with E-state index in [1.165, 1.54) is 37.3 Å². The molecular weight excluding hydrogens is 678 g/mol. The maximum atomic E-state index is 14.0. The molecule has 1 aromatic carbocycles. The van der Waals surface area contributed by atoms with Crippen LogP contribution in [-0.2, 0) is 4.79 Å². The lowest BCUT2D eigenvalue weighted by atomic mass is 9.80. The van der Waals surface area contributed by atoms with Gasteiger partial charge in [0.05, 0.1) is 29.1 Å². The van der Waals surface area contributed by atoms with E-state index in [2.05, 4.69) is 82.7 Å². The number of aromatic hydroxyl groups is 1. The topological polar surface area (TPSA) is 102 Å². The number of hydrogen-bond acceptors (Lipinski definition) is 6. The first-order chi connectivity index (χ1) is 23.5. The van der Waals surface area contributed by atoms with Crippen molar-refractivity contribution in [2.45, 2.75) is 111 Å². The van der Waals surface area contributed by atoms with Crippen molar-refractivity contribution in [3.05, 3.63) is 82.5 Å². The number of phenolic OH excluding ortho intramolecular Hbond substituents is 1. The average molecular weight is 735 g/mol. The standard InChI is InChI=1S/C30H36BrN5O2.C7H12O.C3H8/c1-5-8-18(3)26-22(6-2)36(30(38)21-16-32-29(31)28-27(21)33-17-34-28)14-13-24(26)35(4)23-12-11-20(15-25(23)37)19-9-7-10-19;1-4-6(3)7(8)5-2;1-3-2/h11-12,15-17,19,22,37H,3,5-10,13-14H2,1-2,4H3,(H,33,34);5-6H,2,4H2,1,3H3;3H2,1-2H3. The lowest BCUT2D eigenvalue weighted by Gasteiger charge is -2.42. The molecule has 2 unspecified atom stereocenters. The summed E-state index contributed by atoms with van der Waals surface area (Å²) >= 11 is 3.45. The fourth-order valence-corrected chi connectivity index (χ4v) is 6.74. The molecule has 3 aromatic rings. The summed E-state index contributed by atoms with van der Waals surface area (Å²) in [5.41, 5.74) is 7.09. The van der Waals surface area contributed by atoms with Crippen LogP contribution in [0.5, 0.6) is 5.75 Å². The van der Waals surface area contributed by atoms with Crippen molar-refractivity contribution in [3.8, 4) is 5.75 Å². The highest BCUT2D eigenvalue weighted by Crippen LogP contribution is 2.42. The van der Waals surface area contributed by atoms with E-state index in [4.69, 9.17) is 0 Å². The average Bonchev–Trinajstić information content (AvgIpc) is 3.58. The fourth-order valence-electron chi connectivity index (χ4n) is 6.34. The van der Waals surface area contributed by atoms with Crippen molar-refractivity contribution < 1.29 is 14.7 Å². The van der Waals surface area contributed by atoms with Crippen LogP contribution in [0.25, 0.3) is 11.0 Å². The van der Waals surface area contributed by atoms with Gasteiger partial charge in [0.1, 0.15) is 15.9 Å². The molecule has 2 aliphatic rings. The molecule has 1 aliphatic carbocycles. The number of carbonyl (C=O) groups is 2. The number of nitrogens with one attached hydrogen (secondary N) is 1. The van der Waals surface area contributed by atoms with Gasteiger partial charge in [0.2, 0.25) is 0 Å². The SMILES string of the molecule is C=C(CCC)C1=C(N(C)c2ccc(C3CCC3)cc2O)CCN(C(=O)c2cnc(Br)c3[nH]cnc23)C1CC.C=CC(=O)C(C)CC.CCC. The number of ketones is 1. The van der Waals surface area contributed by atoms with Crippen molar-refractivity contribution >= 4 is 44.3 Å². The van der Waals surface area contributed by atoms with Crippen molar-refractivity contribution in [2.75, 3.05) is 18.5 Å². The van der Waals surface area contributed by atoms with Gasteiger partial charge in [-0.25, -0.2) is 9.97 Å². The van der Waals surface area contributed by atoms with E-state index in [1.54, 1.807) is 12.5 Å². The van der Waals surface area contributed by atoms with Gasteiger partial charge in [0, 0.05) is 37.8 Å². The number of rotatable bonds is 11. The molecule has 0 bridgehead atoms. The minimum atomic E-state index is -0.137. The normalized spacial score (nSPS) is 16.5. The van der Waals surface area contributed by atoms with Gasteiger partial charge in [0.25, 0.3) is 5.91 Å². The number of halogens is 1. The van der Waals surface area contributed by atoms with Gasteiger partial charge in [-0.05, 0) is 88.9 Å². The van der Waals surface area contributed by atoms with Gasteiger partial charge in [0.15, 0.2) is 5.78 Å². The van der Waals surface area contributed by atoms with Crippen LogP contribution in [0, 0.1) is 5.92 Å². The van der Waals surface area contributed by atoms with Crippen molar-refractivity contribution in [3.63, 3.8) is 0 Å². The number of pyridine rings is 1. The Bertz CT molecular complexity index is 1640. The number of allylic oxidation sites excluding steroid dienone is 1. The van der Waals surface area contributed by atoms with E-state index in [1.807, 2.05) is 37.9 Å². The van der Waals surface area contributed by atoms with E-state index in [9.17, 15) is 14.7 Å². The highest BCUT2D eigenvalue weighted by Gasteiger charge is 2.36. The number of nitrogens with zero attached hydrogens (tertiary/aromatic N) is 4. The van der Waals surface area contributed by atoms with E-state index >= 15 is 0 Å². The second-order valence-electron chi connectivity index (χ2n) is 13.0. The summed E-state index contributed by atoms with van der Waals surface area (Å²) in [6, 6.07) is 5.99. The molecule has 1 saturated carbocycles. The fraction of sp³-hybridized carbons (Fsp3) is 0.500. The number of aromatic nitrogens is 3. The molecule has 1 aliphatic heterocycles. The van der Waals surface area contributed by atoms with Crippen LogP contribution in [0.2, 0.25) is 0 Å². The molecule has 3 heterocycles. The Labute approximate surface area is 301 Å². The summed E-state index contributed by atoms with van der Waals surface area (Å²) in [7, 11) is 2.02. The minimum absolute atomic E-state index is 0.0786. The van der Waals surface area contributed by atoms with Gasteiger partial charge in [-0.1, -0.05) is 80.0 Å². The predicted molar refractivity (Wildman–Crippen MR) is 206 cm³/mol. The van der Waals surface area contributed by atoms with Crippen LogP contribution in [0.15, 0.2) is 71.4 Å². The lowest BCUT2D eigenvalue weighted by Crippen LogP contribution is -2.47. The molecule has 0 radical (unpaired) electrons. The summed E-state index contributed by atoms with van der Waals surface area (Å²) < 4.78 is 0.635. The quantitative estimate of drug-likeness (QED) is 0.150. The summed E-state index contributed by atoms with van der Waals surface area (Å²) in [5, 5.41) is 11.0. The molecule has 9 heteroatoms. The van der Waals surface area contributed by atoms with E-state index in [0.29, 0.717) is 45.8 Å². The maximum Gasteiger partial charge on any atom is 0.258 e. The van der Waals surface area contributed by atoms with Crippen LogP contribution < -0.4 is 4.90 Å². The second kappa shape index (κ2) is 18.9. The highest BCUT2D eigenvalue weighted by atomic mass is 79.9. The maximum absolute atomic E-state index is 14.0.